The minimum Gasteiger partial charge on any atom is -0.445 e. The van der Waals surface area contributed by atoms with Gasteiger partial charge < -0.3 is 20.7 Å². The summed E-state index contributed by atoms with van der Waals surface area (Å²) >= 11 is 0. The molecule has 7 heteroatoms. The summed E-state index contributed by atoms with van der Waals surface area (Å²) in [6.07, 6.45) is 2.78. The van der Waals surface area contributed by atoms with Crippen molar-refractivity contribution in [2.75, 3.05) is 0 Å². The summed E-state index contributed by atoms with van der Waals surface area (Å²) in [5.74, 6) is -0.626. The maximum Gasteiger partial charge on any atom is 0.407 e. The predicted octanol–water partition coefficient (Wildman–Crippen LogP) is 3.06. The van der Waals surface area contributed by atoms with Gasteiger partial charge >= 0.3 is 6.09 Å². The van der Waals surface area contributed by atoms with Gasteiger partial charge in [0.2, 0.25) is 11.8 Å². The Bertz CT molecular complexity index is 772. The van der Waals surface area contributed by atoms with Crippen molar-refractivity contribution in [3.05, 3.63) is 48.6 Å². The average Bonchev–Trinajstić information content (AvgIpc) is 2.66. The summed E-state index contributed by atoms with van der Waals surface area (Å²) < 4.78 is 5.35. The van der Waals surface area contributed by atoms with Crippen LogP contribution in [-0.4, -0.2) is 35.0 Å². The minimum atomic E-state index is -1.29. The number of alkyl carbamates (subject to hydrolysis) is 1. The Morgan fingerprint density at radius 2 is 1.87 bits per heavy atom. The Balaban J connectivity index is 2.23. The fourth-order valence-electron chi connectivity index (χ4n) is 3.80. The fourth-order valence-corrected chi connectivity index (χ4v) is 3.80. The molecule has 0 radical (unpaired) electrons. The molecule has 3 unspecified atom stereocenters. The van der Waals surface area contributed by atoms with Crippen LogP contribution in [0.1, 0.15) is 52.5 Å². The van der Waals surface area contributed by atoms with E-state index in [0.717, 1.165) is 12.0 Å². The van der Waals surface area contributed by atoms with Crippen LogP contribution in [0.2, 0.25) is 0 Å². The van der Waals surface area contributed by atoms with Crippen LogP contribution in [0, 0.1) is 5.92 Å². The molecule has 0 aliphatic heterocycles. The van der Waals surface area contributed by atoms with Crippen LogP contribution in [0.4, 0.5) is 4.79 Å². The standard InChI is InChI=1S/C23H33N3O4/c1-6-17-12-13-19(24-21(29)30-15-18-10-8-7-9-11-18)23(14-17,25-16(2)27)20(28)26-22(3,4)5/h6-11,17,19H,1,12-15H2,2-5H3,(H,24,29)(H,25,27)(H,26,28). The number of nitrogens with one attached hydrogen (secondary N) is 3. The molecule has 30 heavy (non-hydrogen) atoms. The van der Waals surface area contributed by atoms with Crippen molar-refractivity contribution in [1.82, 2.24) is 16.0 Å². The highest BCUT2D eigenvalue weighted by Gasteiger charge is 2.51. The van der Waals surface area contributed by atoms with E-state index >= 15 is 0 Å². The second kappa shape index (κ2) is 9.78. The lowest BCUT2D eigenvalue weighted by Gasteiger charge is -2.46. The molecule has 0 bridgehead atoms. The molecule has 0 aromatic heterocycles. The van der Waals surface area contributed by atoms with Gasteiger partial charge in [-0.25, -0.2) is 4.79 Å². The van der Waals surface area contributed by atoms with E-state index in [1.54, 1.807) is 6.08 Å². The summed E-state index contributed by atoms with van der Waals surface area (Å²) in [4.78, 5) is 37.9. The zero-order valence-corrected chi connectivity index (χ0v) is 18.3. The second-order valence-corrected chi connectivity index (χ2v) is 8.89. The number of rotatable bonds is 6. The Morgan fingerprint density at radius 3 is 2.43 bits per heavy atom. The lowest BCUT2D eigenvalue weighted by molar-refractivity contribution is -0.137. The largest absolute Gasteiger partial charge is 0.445 e. The van der Waals surface area contributed by atoms with E-state index in [1.165, 1.54) is 6.92 Å². The van der Waals surface area contributed by atoms with Gasteiger partial charge in [-0.05, 0) is 51.5 Å². The summed E-state index contributed by atoms with van der Waals surface area (Å²) in [7, 11) is 0. The number of amides is 3. The third-order valence-electron chi connectivity index (χ3n) is 5.14. The normalized spacial score (nSPS) is 23.7. The molecule has 1 saturated carbocycles. The molecular weight excluding hydrogens is 382 g/mol. The molecular formula is C23H33N3O4. The summed E-state index contributed by atoms with van der Waals surface area (Å²) in [5, 5.41) is 8.63. The van der Waals surface area contributed by atoms with Crippen LogP contribution in [0.25, 0.3) is 0 Å². The van der Waals surface area contributed by atoms with E-state index in [4.69, 9.17) is 4.74 Å². The van der Waals surface area contributed by atoms with Crippen LogP contribution in [0.5, 0.6) is 0 Å². The molecule has 0 saturated heterocycles. The Morgan fingerprint density at radius 1 is 1.20 bits per heavy atom. The van der Waals surface area contributed by atoms with E-state index in [2.05, 4.69) is 22.5 Å². The quantitative estimate of drug-likeness (QED) is 0.622. The zero-order chi connectivity index (χ0) is 22.4. The molecule has 7 nitrogen and oxygen atoms in total. The Kier molecular flexibility index (Phi) is 7.65. The molecule has 1 fully saturated rings. The van der Waals surface area contributed by atoms with E-state index in [1.807, 2.05) is 51.1 Å². The van der Waals surface area contributed by atoms with Crippen LogP contribution < -0.4 is 16.0 Å². The molecule has 3 N–H and O–H groups in total. The molecule has 0 spiro atoms. The van der Waals surface area contributed by atoms with E-state index in [-0.39, 0.29) is 24.3 Å². The highest BCUT2D eigenvalue weighted by atomic mass is 16.5. The van der Waals surface area contributed by atoms with Crippen molar-refractivity contribution in [2.45, 2.75) is 70.7 Å². The number of carbonyl (C=O) groups excluding carboxylic acids is 3. The van der Waals surface area contributed by atoms with Crippen LogP contribution in [0.3, 0.4) is 0 Å². The first-order valence-corrected chi connectivity index (χ1v) is 10.3. The maximum atomic E-state index is 13.4. The van der Waals surface area contributed by atoms with E-state index in [9.17, 15) is 14.4 Å². The molecule has 1 aliphatic carbocycles. The third kappa shape index (κ3) is 6.34. The van der Waals surface area contributed by atoms with Gasteiger partial charge in [-0.1, -0.05) is 36.4 Å². The summed E-state index contributed by atoms with van der Waals surface area (Å²) in [6.45, 7) is 11.0. The molecule has 2 rings (SSSR count). The number of allylic oxidation sites excluding steroid dienone is 1. The van der Waals surface area contributed by atoms with Gasteiger partial charge in [0.05, 0.1) is 6.04 Å². The highest BCUT2D eigenvalue weighted by Crippen LogP contribution is 2.34. The minimum absolute atomic E-state index is 0.0426. The summed E-state index contributed by atoms with van der Waals surface area (Å²) in [6, 6.07) is 8.74. The molecule has 3 atom stereocenters. The summed E-state index contributed by atoms with van der Waals surface area (Å²) in [5.41, 5.74) is -0.925. The number of ether oxygens (including phenoxy) is 1. The first kappa shape index (κ1) is 23.4. The van der Waals surface area contributed by atoms with Crippen molar-refractivity contribution in [3.8, 4) is 0 Å². The molecule has 0 heterocycles. The molecule has 1 aliphatic rings. The lowest BCUT2D eigenvalue weighted by atomic mass is 9.71. The van der Waals surface area contributed by atoms with E-state index in [0.29, 0.717) is 12.8 Å². The zero-order valence-electron chi connectivity index (χ0n) is 18.3. The maximum absolute atomic E-state index is 13.4. The van der Waals surface area contributed by atoms with Crippen molar-refractivity contribution >= 4 is 17.9 Å². The third-order valence-corrected chi connectivity index (χ3v) is 5.14. The van der Waals surface area contributed by atoms with Crippen LogP contribution >= 0.6 is 0 Å². The van der Waals surface area contributed by atoms with E-state index < -0.39 is 23.2 Å². The first-order chi connectivity index (χ1) is 14.1. The fraction of sp³-hybridized carbons (Fsp3) is 0.522. The van der Waals surface area contributed by atoms with Gasteiger partial charge in [0.15, 0.2) is 0 Å². The molecule has 164 valence electrons. The smallest absolute Gasteiger partial charge is 0.407 e. The number of hydrogen-bond acceptors (Lipinski definition) is 4. The molecule has 1 aromatic rings. The molecule has 3 amide bonds. The van der Waals surface area contributed by atoms with Crippen LogP contribution in [0.15, 0.2) is 43.0 Å². The van der Waals surface area contributed by atoms with Crippen molar-refractivity contribution in [2.24, 2.45) is 5.92 Å². The van der Waals surface area contributed by atoms with Gasteiger partial charge in [0.25, 0.3) is 0 Å². The van der Waals surface area contributed by atoms with Crippen molar-refractivity contribution < 1.29 is 19.1 Å². The number of carbonyl (C=O) groups is 3. The lowest BCUT2D eigenvalue weighted by Crippen LogP contribution is -2.72. The highest BCUT2D eigenvalue weighted by molar-refractivity contribution is 5.93. The monoisotopic (exact) mass is 415 g/mol. The van der Waals surface area contributed by atoms with Crippen molar-refractivity contribution in [1.29, 1.82) is 0 Å². The molecule has 1 aromatic carbocycles. The predicted molar refractivity (Wildman–Crippen MR) is 116 cm³/mol. The number of benzene rings is 1. The first-order valence-electron chi connectivity index (χ1n) is 10.3. The number of hydrogen-bond donors (Lipinski definition) is 3. The van der Waals surface area contributed by atoms with Gasteiger partial charge in [-0.2, -0.15) is 0 Å². The van der Waals surface area contributed by atoms with Gasteiger partial charge in [0, 0.05) is 12.5 Å². The van der Waals surface area contributed by atoms with Gasteiger partial charge in [0.1, 0.15) is 12.1 Å². The topological polar surface area (TPSA) is 96.5 Å². The SMILES string of the molecule is C=CC1CCC(NC(=O)OCc2ccccc2)C(NC(C)=O)(C(=O)NC(C)(C)C)C1. The van der Waals surface area contributed by atoms with Crippen LogP contribution in [-0.2, 0) is 20.9 Å². The Labute approximate surface area is 178 Å². The van der Waals surface area contributed by atoms with Gasteiger partial charge in [-0.15, -0.1) is 6.58 Å². The van der Waals surface area contributed by atoms with Gasteiger partial charge in [-0.3, -0.25) is 9.59 Å². The second-order valence-electron chi connectivity index (χ2n) is 8.89. The Hall–Kier alpha value is -2.83. The average molecular weight is 416 g/mol. The van der Waals surface area contributed by atoms with Crippen molar-refractivity contribution in [3.63, 3.8) is 0 Å².